The summed E-state index contributed by atoms with van der Waals surface area (Å²) in [4.78, 5) is 2.33. The van der Waals surface area contributed by atoms with Gasteiger partial charge in [-0.25, -0.2) is 0 Å². The summed E-state index contributed by atoms with van der Waals surface area (Å²) >= 11 is 0. The molecule has 1 heterocycles. The van der Waals surface area contributed by atoms with Crippen molar-refractivity contribution in [1.82, 2.24) is 0 Å². The fourth-order valence-corrected chi connectivity index (χ4v) is 8.65. The molecule has 0 saturated heterocycles. The second kappa shape index (κ2) is 15.1. The van der Waals surface area contributed by atoms with E-state index in [0.29, 0.717) is 0 Å². The minimum atomic E-state index is 0.840. The van der Waals surface area contributed by atoms with Crippen molar-refractivity contribution in [2.24, 2.45) is 0 Å². The SMILES string of the molecule is c1ccc(-c2ccc(-c3ccc(N(c4ccc(-c5ccc6ccccc6c5)cc4)c4cccc5c4oc4c(-c6ccccc6)ccc(-c6ccccc6)c45)cc3)cc2)cc1. The van der Waals surface area contributed by atoms with Crippen LogP contribution in [0, 0.1) is 0 Å². The number of anilines is 3. The molecule has 0 amide bonds. The van der Waals surface area contributed by atoms with E-state index in [0.717, 1.165) is 66.8 Å². The number of benzene rings is 10. The fraction of sp³-hybridized carbons (Fsp3) is 0. The van der Waals surface area contributed by atoms with Crippen LogP contribution in [0.25, 0.3) is 88.3 Å². The molecule has 0 fully saturated rings. The van der Waals surface area contributed by atoms with Gasteiger partial charge in [0.15, 0.2) is 5.58 Å². The van der Waals surface area contributed by atoms with E-state index in [1.807, 2.05) is 0 Å². The van der Waals surface area contributed by atoms with Crippen LogP contribution in [0.4, 0.5) is 17.1 Å². The first kappa shape index (κ1) is 35.2. The van der Waals surface area contributed by atoms with Crippen LogP contribution < -0.4 is 4.90 Å². The highest BCUT2D eigenvalue weighted by Gasteiger charge is 2.23. The largest absolute Gasteiger partial charge is 0.453 e. The molecule has 2 heteroatoms. The molecule has 0 unspecified atom stereocenters. The molecule has 0 aliphatic heterocycles. The molecule has 0 aliphatic rings. The summed E-state index contributed by atoms with van der Waals surface area (Å²) in [6, 6.07) is 84.6. The average molecular weight is 766 g/mol. The van der Waals surface area contributed by atoms with Gasteiger partial charge in [0.05, 0.1) is 5.69 Å². The summed E-state index contributed by atoms with van der Waals surface area (Å²) in [5.74, 6) is 0. The third-order valence-electron chi connectivity index (χ3n) is 11.7. The van der Waals surface area contributed by atoms with Gasteiger partial charge in [-0.05, 0) is 103 Å². The Morgan fingerprint density at radius 2 is 0.733 bits per heavy atom. The Hall–Kier alpha value is -7.94. The zero-order valence-corrected chi connectivity index (χ0v) is 32.9. The van der Waals surface area contributed by atoms with Crippen LogP contribution in [0.5, 0.6) is 0 Å². The lowest BCUT2D eigenvalue weighted by Gasteiger charge is -2.26. The van der Waals surface area contributed by atoms with Crippen LogP contribution in [0.1, 0.15) is 0 Å². The van der Waals surface area contributed by atoms with E-state index in [4.69, 9.17) is 4.42 Å². The average Bonchev–Trinajstić information content (AvgIpc) is 3.73. The quantitative estimate of drug-likeness (QED) is 0.153. The van der Waals surface area contributed by atoms with Gasteiger partial charge in [0.2, 0.25) is 0 Å². The van der Waals surface area contributed by atoms with E-state index in [1.54, 1.807) is 0 Å². The van der Waals surface area contributed by atoms with Crippen molar-refractivity contribution in [1.29, 1.82) is 0 Å². The molecule has 0 atom stereocenters. The predicted octanol–water partition coefficient (Wildman–Crippen LogP) is 16.5. The van der Waals surface area contributed by atoms with Gasteiger partial charge in [0.25, 0.3) is 0 Å². The Kier molecular flexibility index (Phi) is 8.87. The van der Waals surface area contributed by atoms with Gasteiger partial charge >= 0.3 is 0 Å². The summed E-state index contributed by atoms with van der Waals surface area (Å²) in [6.45, 7) is 0. The van der Waals surface area contributed by atoms with Crippen LogP contribution in [-0.2, 0) is 0 Å². The van der Waals surface area contributed by atoms with Crippen molar-refractivity contribution < 1.29 is 4.42 Å². The highest BCUT2D eigenvalue weighted by Crippen LogP contribution is 2.47. The molecule has 0 spiro atoms. The highest BCUT2D eigenvalue weighted by atomic mass is 16.3. The molecule has 0 bridgehead atoms. The Balaban J connectivity index is 1.07. The van der Waals surface area contributed by atoms with Crippen molar-refractivity contribution in [3.63, 3.8) is 0 Å². The number of nitrogens with zero attached hydrogens (tertiary/aromatic N) is 1. The summed E-state index contributed by atoms with van der Waals surface area (Å²) in [5, 5.41) is 4.66. The van der Waals surface area contributed by atoms with E-state index in [-0.39, 0.29) is 0 Å². The Morgan fingerprint density at radius 3 is 1.33 bits per heavy atom. The number of hydrogen-bond acceptors (Lipinski definition) is 2. The first-order chi connectivity index (χ1) is 29.7. The smallest absolute Gasteiger partial charge is 0.159 e. The lowest BCUT2D eigenvalue weighted by Crippen LogP contribution is -2.10. The van der Waals surface area contributed by atoms with Gasteiger partial charge in [-0.1, -0.05) is 194 Å². The molecule has 11 aromatic rings. The molecule has 1 aromatic heterocycles. The van der Waals surface area contributed by atoms with Crippen LogP contribution in [-0.4, -0.2) is 0 Å². The molecular formula is C58H39NO. The lowest BCUT2D eigenvalue weighted by molar-refractivity contribution is 0.670. The minimum absolute atomic E-state index is 0.840. The second-order valence-electron chi connectivity index (χ2n) is 15.3. The predicted molar refractivity (Wildman–Crippen MR) is 253 cm³/mol. The maximum Gasteiger partial charge on any atom is 0.159 e. The molecule has 2 nitrogen and oxygen atoms in total. The van der Waals surface area contributed by atoms with Crippen molar-refractivity contribution in [3.8, 4) is 55.6 Å². The van der Waals surface area contributed by atoms with Gasteiger partial charge in [-0.3, -0.25) is 0 Å². The Morgan fingerprint density at radius 1 is 0.283 bits per heavy atom. The van der Waals surface area contributed by atoms with Crippen molar-refractivity contribution in [2.45, 2.75) is 0 Å². The third kappa shape index (κ3) is 6.41. The summed E-state index contributed by atoms with van der Waals surface area (Å²) < 4.78 is 7.19. The number of rotatable bonds is 8. The number of fused-ring (bicyclic) bond motifs is 4. The Labute approximate surface area is 349 Å². The van der Waals surface area contributed by atoms with Crippen LogP contribution in [0.15, 0.2) is 241 Å². The van der Waals surface area contributed by atoms with Gasteiger partial charge in [0.1, 0.15) is 5.58 Å². The molecular weight excluding hydrogens is 727 g/mol. The van der Waals surface area contributed by atoms with Crippen molar-refractivity contribution in [3.05, 3.63) is 237 Å². The number of furan rings is 1. The van der Waals surface area contributed by atoms with Crippen LogP contribution in [0.2, 0.25) is 0 Å². The maximum absolute atomic E-state index is 7.19. The van der Waals surface area contributed by atoms with Crippen LogP contribution in [0.3, 0.4) is 0 Å². The third-order valence-corrected chi connectivity index (χ3v) is 11.7. The molecule has 10 aromatic carbocycles. The normalized spacial score (nSPS) is 11.3. The fourth-order valence-electron chi connectivity index (χ4n) is 8.65. The molecule has 0 saturated carbocycles. The Bertz CT molecular complexity index is 3260. The van der Waals surface area contributed by atoms with Gasteiger partial charge < -0.3 is 9.32 Å². The minimum Gasteiger partial charge on any atom is -0.453 e. The standard InChI is InChI=1S/C58H39NO/c1-4-13-40(14-5-1)42-23-25-43(26-24-42)44-29-33-50(34-30-44)59(51-35-31-45(32-36-51)49-28-27-41-15-10-11-20-48(41)39-49)55-22-12-21-54-56-52(46-16-6-2-7-17-46)37-38-53(58(56)60-57(54)55)47-18-8-3-9-19-47/h1-39H. The van der Waals surface area contributed by atoms with E-state index >= 15 is 0 Å². The van der Waals surface area contributed by atoms with E-state index in [1.165, 1.54) is 38.6 Å². The van der Waals surface area contributed by atoms with Gasteiger partial charge in [-0.2, -0.15) is 0 Å². The van der Waals surface area contributed by atoms with Gasteiger partial charge in [0, 0.05) is 27.7 Å². The van der Waals surface area contributed by atoms with Gasteiger partial charge in [-0.15, -0.1) is 0 Å². The van der Waals surface area contributed by atoms with Crippen LogP contribution >= 0.6 is 0 Å². The second-order valence-corrected chi connectivity index (χ2v) is 15.3. The van der Waals surface area contributed by atoms with E-state index in [9.17, 15) is 0 Å². The first-order valence-electron chi connectivity index (χ1n) is 20.5. The number of hydrogen-bond donors (Lipinski definition) is 0. The molecule has 11 rings (SSSR count). The zero-order valence-electron chi connectivity index (χ0n) is 32.9. The summed E-state index contributed by atoms with van der Waals surface area (Å²) in [6.07, 6.45) is 0. The maximum atomic E-state index is 7.19. The number of para-hydroxylation sites is 1. The monoisotopic (exact) mass is 765 g/mol. The molecule has 0 aliphatic carbocycles. The van der Waals surface area contributed by atoms with E-state index in [2.05, 4.69) is 241 Å². The summed E-state index contributed by atoms with van der Waals surface area (Å²) in [5.41, 5.74) is 16.4. The van der Waals surface area contributed by atoms with E-state index < -0.39 is 0 Å². The molecule has 0 N–H and O–H groups in total. The zero-order chi connectivity index (χ0) is 39.8. The highest BCUT2D eigenvalue weighted by molar-refractivity contribution is 6.19. The molecule has 282 valence electrons. The summed E-state index contributed by atoms with van der Waals surface area (Å²) in [7, 11) is 0. The molecule has 60 heavy (non-hydrogen) atoms. The van der Waals surface area contributed by atoms with Crippen molar-refractivity contribution in [2.75, 3.05) is 4.90 Å². The molecule has 0 radical (unpaired) electrons. The lowest BCUT2D eigenvalue weighted by atomic mass is 9.94. The first-order valence-corrected chi connectivity index (χ1v) is 20.5. The topological polar surface area (TPSA) is 16.4 Å². The van der Waals surface area contributed by atoms with Crippen molar-refractivity contribution >= 4 is 49.8 Å².